The zero-order valence-electron chi connectivity index (χ0n) is 21.7. The van der Waals surface area contributed by atoms with Crippen molar-refractivity contribution in [1.82, 2.24) is 30.1 Å². The van der Waals surface area contributed by atoms with Crippen molar-refractivity contribution >= 4 is 16.9 Å². The van der Waals surface area contributed by atoms with Crippen molar-refractivity contribution in [3.8, 4) is 0 Å². The predicted molar refractivity (Wildman–Crippen MR) is 148 cm³/mol. The minimum atomic E-state index is -0.0753. The van der Waals surface area contributed by atoms with Crippen molar-refractivity contribution in [2.45, 2.75) is 50.2 Å². The van der Waals surface area contributed by atoms with Gasteiger partial charge in [0.05, 0.1) is 0 Å². The Hall–Kier alpha value is -3.91. The molecule has 196 valence electrons. The van der Waals surface area contributed by atoms with E-state index in [1.165, 1.54) is 10.9 Å². The topological polar surface area (TPSA) is 95.1 Å². The van der Waals surface area contributed by atoms with E-state index in [0.717, 1.165) is 54.4 Å². The second-order valence-electron chi connectivity index (χ2n) is 10.6. The van der Waals surface area contributed by atoms with E-state index in [-0.39, 0.29) is 29.6 Å². The third-order valence-corrected chi connectivity index (χ3v) is 7.93. The number of aromatic amines is 1. The Morgan fingerprint density at radius 3 is 2.84 bits per heavy atom. The van der Waals surface area contributed by atoms with Crippen LogP contribution in [0.25, 0.3) is 10.9 Å². The van der Waals surface area contributed by atoms with Gasteiger partial charge in [-0.3, -0.25) is 9.78 Å². The van der Waals surface area contributed by atoms with Crippen molar-refractivity contribution in [2.75, 3.05) is 13.1 Å². The van der Waals surface area contributed by atoms with Crippen molar-refractivity contribution in [3.63, 3.8) is 0 Å². The molecule has 4 aromatic rings. The summed E-state index contributed by atoms with van der Waals surface area (Å²) in [5.41, 5.74) is 5.58. The Balaban J connectivity index is 1.23. The van der Waals surface area contributed by atoms with Crippen LogP contribution in [0.2, 0.25) is 0 Å². The van der Waals surface area contributed by atoms with Gasteiger partial charge in [-0.15, -0.1) is 0 Å². The fourth-order valence-corrected chi connectivity index (χ4v) is 5.71. The van der Waals surface area contributed by atoms with Gasteiger partial charge in [0, 0.05) is 79.9 Å². The number of urea groups is 1. The van der Waals surface area contributed by atoms with Crippen LogP contribution < -0.4 is 16.2 Å². The van der Waals surface area contributed by atoms with Gasteiger partial charge in [0.2, 0.25) is 0 Å². The smallest absolute Gasteiger partial charge is 0.318 e. The lowest BCUT2D eigenvalue weighted by Gasteiger charge is -2.35. The summed E-state index contributed by atoms with van der Waals surface area (Å²) in [7, 11) is 1.76. The third kappa shape index (κ3) is 5.09. The van der Waals surface area contributed by atoms with Crippen molar-refractivity contribution in [1.29, 1.82) is 0 Å². The molecule has 1 saturated carbocycles. The molecule has 1 saturated heterocycles. The highest BCUT2D eigenvalue weighted by Crippen LogP contribution is 2.32. The maximum atomic E-state index is 13.7. The monoisotopic (exact) mass is 510 g/mol. The molecule has 0 radical (unpaired) electrons. The quantitative estimate of drug-likeness (QED) is 0.354. The Bertz CT molecular complexity index is 1490. The first-order valence-electron chi connectivity index (χ1n) is 13.5. The number of carbonyl (C=O) groups excluding carboxylic acids is 1. The molecule has 2 fully saturated rings. The van der Waals surface area contributed by atoms with Gasteiger partial charge in [0.15, 0.2) is 0 Å². The van der Waals surface area contributed by atoms with E-state index in [9.17, 15) is 9.59 Å². The Morgan fingerprint density at radius 2 is 2.05 bits per heavy atom. The van der Waals surface area contributed by atoms with Crippen molar-refractivity contribution in [2.24, 2.45) is 7.05 Å². The Kier molecular flexibility index (Phi) is 6.72. The lowest BCUT2D eigenvalue weighted by Crippen LogP contribution is -2.53. The van der Waals surface area contributed by atoms with Gasteiger partial charge >= 0.3 is 6.03 Å². The van der Waals surface area contributed by atoms with Gasteiger partial charge < -0.3 is 25.1 Å². The van der Waals surface area contributed by atoms with Gasteiger partial charge in [-0.1, -0.05) is 18.2 Å². The van der Waals surface area contributed by atoms with E-state index in [2.05, 4.69) is 44.9 Å². The molecular formula is C30H34N6O2. The number of hydrogen-bond donors (Lipinski definition) is 3. The van der Waals surface area contributed by atoms with Gasteiger partial charge in [0.1, 0.15) is 0 Å². The zero-order valence-corrected chi connectivity index (χ0v) is 21.7. The van der Waals surface area contributed by atoms with Gasteiger partial charge in [-0.25, -0.2) is 4.79 Å². The number of carbonyl (C=O) groups is 1. The number of fused-ring (bicyclic) bond motifs is 1. The molecule has 2 atom stereocenters. The van der Waals surface area contributed by atoms with Crippen LogP contribution in [-0.4, -0.2) is 50.6 Å². The molecule has 8 nitrogen and oxygen atoms in total. The molecule has 8 heteroatoms. The number of nitrogens with one attached hydrogen (secondary N) is 3. The second-order valence-corrected chi connectivity index (χ2v) is 10.6. The predicted octanol–water partition coefficient (Wildman–Crippen LogP) is 3.67. The molecule has 0 spiro atoms. The van der Waals surface area contributed by atoms with Crippen LogP contribution in [0.5, 0.6) is 0 Å². The maximum absolute atomic E-state index is 13.7. The summed E-state index contributed by atoms with van der Waals surface area (Å²) in [5, 5.41) is 7.95. The molecule has 1 aliphatic carbocycles. The largest absolute Gasteiger partial charge is 0.361 e. The zero-order chi connectivity index (χ0) is 26.1. The molecule has 38 heavy (non-hydrogen) atoms. The van der Waals surface area contributed by atoms with Crippen LogP contribution in [0.4, 0.5) is 4.79 Å². The van der Waals surface area contributed by atoms with Crippen molar-refractivity contribution < 1.29 is 4.79 Å². The molecule has 2 amide bonds. The minimum absolute atomic E-state index is 0.0212. The summed E-state index contributed by atoms with van der Waals surface area (Å²) < 4.78 is 1.58. The summed E-state index contributed by atoms with van der Waals surface area (Å²) in [5.74, 6) is 0.106. The average molecular weight is 511 g/mol. The van der Waals surface area contributed by atoms with Gasteiger partial charge in [-0.05, 0) is 72.7 Å². The third-order valence-electron chi connectivity index (χ3n) is 7.93. The van der Waals surface area contributed by atoms with Crippen molar-refractivity contribution in [3.05, 3.63) is 99.9 Å². The first kappa shape index (κ1) is 24.4. The van der Waals surface area contributed by atoms with Crippen LogP contribution in [0, 0.1) is 0 Å². The highest BCUT2D eigenvalue weighted by atomic mass is 16.2. The summed E-state index contributed by atoms with van der Waals surface area (Å²) in [6, 6.07) is 14.3. The standard InChI is InChI=1S/C30H34N6O2/c1-35-13-10-21(15-28(35)37)25-9-12-32-18-27(25)34-30(38)36(24-7-8-24)19-23-17-33-26-6-2-5-22(29(23)26)14-20-4-3-11-31-16-20/h2-6,10-11,13,15-17,24-25,27,32-33H,7-9,12,14,18-19H2,1H3,(H,34,38). The number of hydrogen-bond acceptors (Lipinski definition) is 4. The highest BCUT2D eigenvalue weighted by Gasteiger charge is 2.36. The summed E-state index contributed by atoms with van der Waals surface area (Å²) >= 11 is 0. The molecule has 1 aromatic carbocycles. The molecule has 2 unspecified atom stereocenters. The fraction of sp³-hybridized carbons (Fsp3) is 0.367. The number of aryl methyl sites for hydroxylation is 1. The van der Waals surface area contributed by atoms with Gasteiger partial charge in [0.25, 0.3) is 5.56 Å². The molecule has 2 aliphatic rings. The molecule has 4 heterocycles. The second kappa shape index (κ2) is 10.5. The maximum Gasteiger partial charge on any atom is 0.318 e. The Labute approximate surface area is 222 Å². The van der Waals surface area contributed by atoms with Crippen LogP contribution >= 0.6 is 0 Å². The van der Waals surface area contributed by atoms with E-state index < -0.39 is 0 Å². The van der Waals surface area contributed by atoms with E-state index in [1.54, 1.807) is 23.9 Å². The average Bonchev–Trinajstić information content (AvgIpc) is 3.69. The van der Waals surface area contributed by atoms with E-state index in [1.807, 2.05) is 35.6 Å². The molecule has 1 aliphatic heterocycles. The molecule has 6 rings (SSSR count). The first-order chi connectivity index (χ1) is 18.6. The number of benzene rings is 1. The van der Waals surface area contributed by atoms with Crippen LogP contribution in [-0.2, 0) is 20.0 Å². The highest BCUT2D eigenvalue weighted by molar-refractivity contribution is 5.87. The minimum Gasteiger partial charge on any atom is -0.361 e. The number of nitrogens with zero attached hydrogens (tertiary/aromatic N) is 3. The van der Waals surface area contributed by atoms with Crippen LogP contribution in [0.1, 0.15) is 47.4 Å². The number of pyridine rings is 2. The summed E-state index contributed by atoms with van der Waals surface area (Å²) in [4.78, 5) is 35.7. The number of piperidine rings is 1. The summed E-state index contributed by atoms with van der Waals surface area (Å²) in [6.07, 6.45) is 11.3. The number of amides is 2. The normalized spacial score (nSPS) is 19.4. The number of rotatable bonds is 7. The fourth-order valence-electron chi connectivity index (χ4n) is 5.71. The molecule has 3 aromatic heterocycles. The summed E-state index contributed by atoms with van der Waals surface area (Å²) in [6.45, 7) is 2.11. The van der Waals surface area contributed by atoms with E-state index in [0.29, 0.717) is 13.1 Å². The first-order valence-corrected chi connectivity index (χ1v) is 13.5. The number of H-pyrrole nitrogens is 1. The van der Waals surface area contributed by atoms with Crippen LogP contribution in [0.3, 0.4) is 0 Å². The molecular weight excluding hydrogens is 476 g/mol. The van der Waals surface area contributed by atoms with E-state index in [4.69, 9.17) is 0 Å². The number of aromatic nitrogens is 3. The van der Waals surface area contributed by atoms with Gasteiger partial charge in [-0.2, -0.15) is 0 Å². The van der Waals surface area contributed by atoms with E-state index >= 15 is 0 Å². The SMILES string of the molecule is Cn1ccc(C2CCNCC2NC(=O)N(Cc2c[nH]c3cccc(Cc4cccnc4)c23)C2CC2)cc1=O. The molecule has 3 N–H and O–H groups in total. The Morgan fingerprint density at radius 1 is 1.16 bits per heavy atom. The lowest BCUT2D eigenvalue weighted by atomic mass is 9.86. The van der Waals surface area contributed by atoms with Crippen LogP contribution in [0.15, 0.2) is 72.0 Å². The lowest BCUT2D eigenvalue weighted by molar-refractivity contribution is 0.183. The molecule has 0 bridgehead atoms.